The van der Waals surface area contributed by atoms with Crippen LogP contribution in [-0.4, -0.2) is 47.3 Å². The number of anilines is 1. The van der Waals surface area contributed by atoms with Crippen LogP contribution in [0.15, 0.2) is 18.2 Å². The van der Waals surface area contributed by atoms with Crippen LogP contribution in [0, 0.1) is 12.3 Å². The fraction of sp³-hybridized carbons (Fsp3) is 0.500. The largest absolute Gasteiger partial charge is 0.454 e. The molecule has 3 N–H and O–H groups in total. The zero-order valence-corrected chi connectivity index (χ0v) is 20.7. The van der Waals surface area contributed by atoms with Gasteiger partial charge in [-0.25, -0.2) is 9.48 Å². The lowest BCUT2D eigenvalue weighted by Crippen LogP contribution is -2.34. The van der Waals surface area contributed by atoms with Crippen LogP contribution in [-0.2, 0) is 20.8 Å². The molecular formula is C24H31ClN4O5. The van der Waals surface area contributed by atoms with E-state index in [1.54, 1.807) is 29.8 Å². The smallest absolute Gasteiger partial charge is 0.344 e. The molecule has 34 heavy (non-hydrogen) atoms. The number of hydrogen-bond acceptors (Lipinski definition) is 7. The van der Waals surface area contributed by atoms with E-state index in [0.29, 0.717) is 24.5 Å². The summed E-state index contributed by atoms with van der Waals surface area (Å²) in [5, 5.41) is 7.47. The van der Waals surface area contributed by atoms with Crippen molar-refractivity contribution >= 4 is 35.1 Å². The highest BCUT2D eigenvalue weighted by atomic mass is 35.5. The van der Waals surface area contributed by atoms with Crippen molar-refractivity contribution in [2.45, 2.75) is 53.1 Å². The van der Waals surface area contributed by atoms with E-state index in [-0.39, 0.29) is 40.5 Å². The third-order valence-electron chi connectivity index (χ3n) is 5.66. The van der Waals surface area contributed by atoms with Crippen molar-refractivity contribution < 1.29 is 23.9 Å². The summed E-state index contributed by atoms with van der Waals surface area (Å²) in [6.07, 6.45) is 1.51. The number of Topliss-reactive ketones (excluding diaryl/α,β-unsaturated/α-hetero) is 1. The van der Waals surface area contributed by atoms with Gasteiger partial charge >= 0.3 is 5.97 Å². The molecule has 2 heterocycles. The molecule has 1 aromatic heterocycles. The van der Waals surface area contributed by atoms with Crippen LogP contribution in [0.25, 0.3) is 0 Å². The number of carbonyl (C=O) groups is 3. The molecule has 3 rings (SSSR count). The van der Waals surface area contributed by atoms with Gasteiger partial charge in [-0.3, -0.25) is 9.59 Å². The predicted molar refractivity (Wildman–Crippen MR) is 128 cm³/mol. The Bertz CT molecular complexity index is 1080. The van der Waals surface area contributed by atoms with Crippen LogP contribution in [0.4, 0.5) is 5.82 Å². The minimum Gasteiger partial charge on any atom is -0.454 e. The Morgan fingerprint density at radius 2 is 1.94 bits per heavy atom. The first-order valence-corrected chi connectivity index (χ1v) is 11.6. The molecule has 0 saturated carbocycles. The lowest BCUT2D eigenvalue weighted by molar-refractivity contribution is -0.128. The predicted octanol–water partition coefficient (Wildman–Crippen LogP) is 3.48. The number of amides is 1. The highest BCUT2D eigenvalue weighted by Crippen LogP contribution is 2.27. The third kappa shape index (κ3) is 5.95. The first-order valence-electron chi connectivity index (χ1n) is 11.2. The molecule has 184 valence electrons. The van der Waals surface area contributed by atoms with E-state index in [9.17, 15) is 14.4 Å². The van der Waals surface area contributed by atoms with Crippen LogP contribution in [0.1, 0.15) is 71.6 Å². The Labute approximate surface area is 203 Å². The van der Waals surface area contributed by atoms with E-state index in [2.05, 4.69) is 10.4 Å². The molecule has 1 saturated heterocycles. The lowest BCUT2D eigenvalue weighted by atomic mass is 9.95. The molecule has 2 aromatic rings. The summed E-state index contributed by atoms with van der Waals surface area (Å²) in [5.74, 6) is -1.07. The summed E-state index contributed by atoms with van der Waals surface area (Å²) in [4.78, 5) is 37.6. The minimum absolute atomic E-state index is 0.0518. The fourth-order valence-electron chi connectivity index (χ4n) is 3.65. The zero-order valence-electron chi connectivity index (χ0n) is 19.9. The topological polar surface area (TPSA) is 126 Å². The number of aromatic nitrogens is 2. The molecule has 0 spiro atoms. The molecule has 1 aliphatic heterocycles. The first kappa shape index (κ1) is 25.7. The molecule has 0 atom stereocenters. The maximum atomic E-state index is 12.8. The standard InChI is InChI=1S/C24H31ClN4O5/c1-14-20(21(26)29(28-14)16-7-9-33-10-8-16)22(31)34-13-19(30)17-11-15(5-6-18(17)25)12-27-23(32)24(2,3)4/h5-6,11,16H,7-10,12-13,26H2,1-4H3,(H,27,32). The number of nitrogens with one attached hydrogen (secondary N) is 1. The van der Waals surface area contributed by atoms with Crippen molar-refractivity contribution in [1.29, 1.82) is 0 Å². The van der Waals surface area contributed by atoms with Gasteiger partial charge in [-0.2, -0.15) is 5.10 Å². The van der Waals surface area contributed by atoms with Crippen molar-refractivity contribution in [3.63, 3.8) is 0 Å². The number of nitrogens with two attached hydrogens (primary N) is 1. The van der Waals surface area contributed by atoms with Gasteiger partial charge < -0.3 is 20.5 Å². The molecule has 9 nitrogen and oxygen atoms in total. The molecular weight excluding hydrogens is 460 g/mol. The first-order chi connectivity index (χ1) is 16.0. The second-order valence-corrected chi connectivity index (χ2v) is 9.79. The summed E-state index contributed by atoms with van der Waals surface area (Å²) >= 11 is 6.21. The number of esters is 1. The lowest BCUT2D eigenvalue weighted by Gasteiger charge is -2.23. The van der Waals surface area contributed by atoms with E-state index >= 15 is 0 Å². The number of ether oxygens (including phenoxy) is 2. The van der Waals surface area contributed by atoms with Gasteiger partial charge in [0.15, 0.2) is 6.61 Å². The number of carbonyl (C=O) groups excluding carboxylic acids is 3. The minimum atomic E-state index is -0.716. The Balaban J connectivity index is 1.66. The average molecular weight is 491 g/mol. The average Bonchev–Trinajstić information content (AvgIpc) is 3.10. The summed E-state index contributed by atoms with van der Waals surface area (Å²) in [6, 6.07) is 4.94. The van der Waals surface area contributed by atoms with Crippen molar-refractivity contribution in [2.75, 3.05) is 25.6 Å². The number of aryl methyl sites for hydroxylation is 1. The van der Waals surface area contributed by atoms with Crippen LogP contribution in [0.2, 0.25) is 5.02 Å². The Kier molecular flexibility index (Phi) is 7.99. The van der Waals surface area contributed by atoms with Gasteiger partial charge in [0.1, 0.15) is 11.4 Å². The van der Waals surface area contributed by atoms with E-state index < -0.39 is 23.8 Å². The van der Waals surface area contributed by atoms with Gasteiger partial charge in [-0.05, 0) is 37.5 Å². The Morgan fingerprint density at radius 3 is 2.59 bits per heavy atom. The maximum Gasteiger partial charge on any atom is 0.344 e. The molecule has 1 aliphatic rings. The van der Waals surface area contributed by atoms with Gasteiger partial charge in [-0.15, -0.1) is 0 Å². The van der Waals surface area contributed by atoms with Crippen molar-refractivity contribution in [1.82, 2.24) is 15.1 Å². The highest BCUT2D eigenvalue weighted by Gasteiger charge is 2.27. The van der Waals surface area contributed by atoms with Gasteiger partial charge in [0.25, 0.3) is 0 Å². The number of benzene rings is 1. The Hall–Kier alpha value is -2.91. The third-order valence-corrected chi connectivity index (χ3v) is 5.99. The maximum absolute atomic E-state index is 12.8. The normalized spacial score (nSPS) is 14.6. The number of halogens is 1. The summed E-state index contributed by atoms with van der Waals surface area (Å²) < 4.78 is 12.3. The molecule has 10 heteroatoms. The number of ketones is 1. The van der Waals surface area contributed by atoms with Crippen molar-refractivity contribution in [3.05, 3.63) is 45.6 Å². The van der Waals surface area contributed by atoms with Gasteiger partial charge in [0.05, 0.1) is 16.8 Å². The number of rotatable bonds is 7. The molecule has 1 aromatic carbocycles. The molecule has 0 bridgehead atoms. The van der Waals surface area contributed by atoms with E-state index in [1.807, 2.05) is 20.8 Å². The second-order valence-electron chi connectivity index (χ2n) is 9.38. The highest BCUT2D eigenvalue weighted by molar-refractivity contribution is 6.34. The quantitative estimate of drug-likeness (QED) is 0.449. The zero-order chi connectivity index (χ0) is 25.0. The van der Waals surface area contributed by atoms with E-state index in [4.69, 9.17) is 26.8 Å². The van der Waals surface area contributed by atoms with Crippen LogP contribution >= 0.6 is 11.6 Å². The molecule has 1 amide bonds. The second kappa shape index (κ2) is 10.6. The van der Waals surface area contributed by atoms with Crippen LogP contribution < -0.4 is 11.1 Å². The Morgan fingerprint density at radius 1 is 1.26 bits per heavy atom. The molecule has 0 radical (unpaired) electrons. The summed E-state index contributed by atoms with van der Waals surface area (Å²) in [5.41, 5.74) is 7.18. The van der Waals surface area contributed by atoms with Gasteiger partial charge in [0.2, 0.25) is 11.7 Å². The van der Waals surface area contributed by atoms with Crippen molar-refractivity contribution in [2.24, 2.45) is 5.41 Å². The number of nitrogen functional groups attached to an aromatic ring is 1. The van der Waals surface area contributed by atoms with E-state index in [1.165, 1.54) is 0 Å². The SMILES string of the molecule is Cc1nn(C2CCOCC2)c(N)c1C(=O)OCC(=O)c1cc(CNC(=O)C(C)(C)C)ccc1Cl. The van der Waals surface area contributed by atoms with E-state index in [0.717, 1.165) is 12.8 Å². The summed E-state index contributed by atoms with van der Waals surface area (Å²) in [6.45, 7) is 8.08. The fourth-order valence-corrected chi connectivity index (χ4v) is 3.87. The molecule has 1 fully saturated rings. The number of nitrogens with zero attached hydrogens (tertiary/aromatic N) is 2. The van der Waals surface area contributed by atoms with Crippen LogP contribution in [0.5, 0.6) is 0 Å². The molecule has 0 aliphatic carbocycles. The van der Waals surface area contributed by atoms with Gasteiger partial charge in [-0.1, -0.05) is 38.4 Å². The molecule has 0 unspecified atom stereocenters. The summed E-state index contributed by atoms with van der Waals surface area (Å²) in [7, 11) is 0. The van der Waals surface area contributed by atoms with Gasteiger partial charge in [0, 0.05) is 30.7 Å². The number of hydrogen-bond donors (Lipinski definition) is 2. The monoisotopic (exact) mass is 490 g/mol. The van der Waals surface area contributed by atoms with Crippen molar-refractivity contribution in [3.8, 4) is 0 Å². The van der Waals surface area contributed by atoms with Crippen LogP contribution in [0.3, 0.4) is 0 Å².